The van der Waals surface area contributed by atoms with Gasteiger partial charge in [-0.2, -0.15) is 0 Å². The highest BCUT2D eigenvalue weighted by atomic mass is 16.5. The molecule has 0 aromatic heterocycles. The van der Waals surface area contributed by atoms with Gasteiger partial charge in [-0.1, -0.05) is 26.0 Å². The maximum Gasteiger partial charge on any atom is 0.0713 e. The molecule has 116 valence electrons. The highest BCUT2D eigenvalue weighted by molar-refractivity contribution is 5.50. The molecule has 2 fully saturated rings. The first kappa shape index (κ1) is 14.9. The van der Waals surface area contributed by atoms with Crippen LogP contribution in [0.2, 0.25) is 0 Å². The number of hydrogen-bond acceptors (Lipinski definition) is 3. The summed E-state index contributed by atoms with van der Waals surface area (Å²) < 4.78 is 5.28. The molecular formula is C18H28N2O. The lowest BCUT2D eigenvalue weighted by Crippen LogP contribution is -2.59. The summed E-state index contributed by atoms with van der Waals surface area (Å²) in [6.07, 6.45) is 2.81. The molecular weight excluding hydrogens is 260 g/mol. The van der Waals surface area contributed by atoms with Crippen LogP contribution in [0.5, 0.6) is 0 Å². The van der Waals surface area contributed by atoms with Crippen LogP contribution in [0.1, 0.15) is 32.3 Å². The summed E-state index contributed by atoms with van der Waals surface area (Å²) in [4.78, 5) is 2.63. The monoisotopic (exact) mass is 288 g/mol. The van der Waals surface area contributed by atoms with Crippen LogP contribution in [0.4, 0.5) is 5.69 Å². The third-order valence-corrected chi connectivity index (χ3v) is 4.90. The van der Waals surface area contributed by atoms with E-state index in [1.54, 1.807) is 7.11 Å². The summed E-state index contributed by atoms with van der Waals surface area (Å²) in [5.41, 5.74) is 2.62. The highest BCUT2D eigenvalue weighted by Crippen LogP contribution is 2.36. The van der Waals surface area contributed by atoms with Crippen molar-refractivity contribution in [3.05, 3.63) is 29.8 Å². The predicted molar refractivity (Wildman–Crippen MR) is 87.6 cm³/mol. The average Bonchev–Trinajstić information content (AvgIpc) is 3.32. The van der Waals surface area contributed by atoms with Crippen molar-refractivity contribution in [3.8, 4) is 0 Å². The van der Waals surface area contributed by atoms with Gasteiger partial charge in [0.25, 0.3) is 0 Å². The second-order valence-electron chi connectivity index (χ2n) is 6.92. The number of anilines is 1. The van der Waals surface area contributed by atoms with Gasteiger partial charge in [0.1, 0.15) is 0 Å². The first-order valence-electron chi connectivity index (χ1n) is 8.27. The van der Waals surface area contributed by atoms with Gasteiger partial charge in [-0.3, -0.25) is 0 Å². The zero-order valence-corrected chi connectivity index (χ0v) is 13.5. The lowest BCUT2D eigenvalue weighted by Gasteiger charge is -2.44. The fraction of sp³-hybridized carbons (Fsp3) is 0.667. The van der Waals surface area contributed by atoms with Gasteiger partial charge in [0.05, 0.1) is 6.61 Å². The minimum absolute atomic E-state index is 0.581. The van der Waals surface area contributed by atoms with E-state index >= 15 is 0 Å². The van der Waals surface area contributed by atoms with Gasteiger partial charge >= 0.3 is 0 Å². The Morgan fingerprint density at radius 3 is 2.81 bits per heavy atom. The Bertz CT molecular complexity index is 470. The topological polar surface area (TPSA) is 24.5 Å². The first-order chi connectivity index (χ1) is 10.2. The van der Waals surface area contributed by atoms with E-state index in [1.807, 2.05) is 0 Å². The average molecular weight is 288 g/mol. The molecule has 1 N–H and O–H groups in total. The van der Waals surface area contributed by atoms with Crippen molar-refractivity contribution in [2.24, 2.45) is 11.8 Å². The smallest absolute Gasteiger partial charge is 0.0713 e. The molecule has 0 amide bonds. The molecule has 2 unspecified atom stereocenters. The zero-order chi connectivity index (χ0) is 14.8. The van der Waals surface area contributed by atoms with Crippen LogP contribution in [-0.2, 0) is 11.3 Å². The van der Waals surface area contributed by atoms with Crippen molar-refractivity contribution in [3.63, 3.8) is 0 Å². The van der Waals surface area contributed by atoms with Crippen molar-refractivity contribution in [1.29, 1.82) is 0 Å². The second kappa shape index (κ2) is 6.37. The van der Waals surface area contributed by atoms with Gasteiger partial charge in [0.2, 0.25) is 0 Å². The summed E-state index contributed by atoms with van der Waals surface area (Å²) in [5, 5.41) is 3.79. The van der Waals surface area contributed by atoms with Crippen LogP contribution in [0.15, 0.2) is 24.3 Å². The van der Waals surface area contributed by atoms with Crippen LogP contribution in [0.25, 0.3) is 0 Å². The number of ether oxygens (including phenoxy) is 1. The molecule has 1 aromatic carbocycles. The van der Waals surface area contributed by atoms with E-state index in [1.165, 1.54) is 24.1 Å². The lowest BCUT2D eigenvalue weighted by atomic mass is 9.96. The van der Waals surface area contributed by atoms with Crippen molar-refractivity contribution in [2.75, 3.05) is 25.1 Å². The standard InChI is InChI=1S/C18H28N2O/c1-13(2)18-10-19-17(15-7-8-15)11-20(18)16-6-4-5-14(9-16)12-21-3/h4-6,9,13,15,17-19H,7-8,10-12H2,1-3H3. The molecule has 0 bridgehead atoms. The number of methoxy groups -OCH3 is 1. The number of hydrogen-bond donors (Lipinski definition) is 1. The summed E-state index contributed by atoms with van der Waals surface area (Å²) in [6, 6.07) is 10.1. The minimum Gasteiger partial charge on any atom is -0.380 e. The lowest BCUT2D eigenvalue weighted by molar-refractivity contribution is 0.185. The number of piperazine rings is 1. The van der Waals surface area contributed by atoms with Crippen molar-refractivity contribution < 1.29 is 4.74 Å². The normalized spacial score (nSPS) is 26.4. The molecule has 1 aromatic rings. The number of benzene rings is 1. The maximum atomic E-state index is 5.28. The van der Waals surface area contributed by atoms with Crippen molar-refractivity contribution in [1.82, 2.24) is 5.32 Å². The quantitative estimate of drug-likeness (QED) is 0.901. The Morgan fingerprint density at radius 1 is 1.33 bits per heavy atom. The van der Waals surface area contributed by atoms with Crippen molar-refractivity contribution >= 4 is 5.69 Å². The summed E-state index contributed by atoms with van der Waals surface area (Å²) >= 11 is 0. The molecule has 1 heterocycles. The van der Waals surface area contributed by atoms with Crippen LogP contribution in [0.3, 0.4) is 0 Å². The Labute approximate surface area is 128 Å². The predicted octanol–water partition coefficient (Wildman–Crippen LogP) is 3.05. The Balaban J connectivity index is 1.81. The third kappa shape index (κ3) is 3.41. The molecule has 1 aliphatic carbocycles. The van der Waals surface area contributed by atoms with Crippen LogP contribution in [-0.4, -0.2) is 32.3 Å². The summed E-state index contributed by atoms with van der Waals surface area (Å²) in [7, 11) is 1.76. The van der Waals surface area contributed by atoms with Crippen LogP contribution in [0, 0.1) is 11.8 Å². The van der Waals surface area contributed by atoms with E-state index in [-0.39, 0.29) is 0 Å². The van der Waals surface area contributed by atoms with E-state index in [0.717, 1.165) is 19.0 Å². The number of rotatable bonds is 5. The van der Waals surface area contributed by atoms with Crippen LogP contribution >= 0.6 is 0 Å². The van der Waals surface area contributed by atoms with E-state index in [9.17, 15) is 0 Å². The summed E-state index contributed by atoms with van der Waals surface area (Å²) in [6.45, 7) is 7.60. The SMILES string of the molecule is COCc1cccc(N2CC(C3CC3)NCC2C(C)C)c1. The maximum absolute atomic E-state index is 5.28. The number of nitrogens with zero attached hydrogens (tertiary/aromatic N) is 1. The molecule has 21 heavy (non-hydrogen) atoms. The Hall–Kier alpha value is -1.06. The first-order valence-corrected chi connectivity index (χ1v) is 8.27. The summed E-state index contributed by atoms with van der Waals surface area (Å²) in [5.74, 6) is 1.56. The number of nitrogens with one attached hydrogen (secondary N) is 1. The molecule has 3 heteroatoms. The van der Waals surface area contributed by atoms with E-state index < -0.39 is 0 Å². The van der Waals surface area contributed by atoms with E-state index in [2.05, 4.69) is 48.3 Å². The second-order valence-corrected chi connectivity index (χ2v) is 6.92. The third-order valence-electron chi connectivity index (χ3n) is 4.90. The fourth-order valence-electron chi connectivity index (χ4n) is 3.49. The molecule has 0 radical (unpaired) electrons. The molecule has 1 aliphatic heterocycles. The minimum atomic E-state index is 0.581. The molecule has 1 saturated heterocycles. The highest BCUT2D eigenvalue weighted by Gasteiger charge is 2.38. The van der Waals surface area contributed by atoms with Gasteiger partial charge in [-0.25, -0.2) is 0 Å². The fourth-order valence-corrected chi connectivity index (χ4v) is 3.49. The Kier molecular flexibility index (Phi) is 4.51. The van der Waals surface area contributed by atoms with E-state index in [4.69, 9.17) is 4.74 Å². The molecule has 1 saturated carbocycles. The van der Waals surface area contributed by atoms with Gasteiger partial charge < -0.3 is 15.0 Å². The van der Waals surface area contributed by atoms with Crippen molar-refractivity contribution in [2.45, 2.75) is 45.4 Å². The van der Waals surface area contributed by atoms with Crippen LogP contribution < -0.4 is 10.2 Å². The molecule has 2 atom stereocenters. The molecule has 3 nitrogen and oxygen atoms in total. The molecule has 3 rings (SSSR count). The molecule has 0 spiro atoms. The van der Waals surface area contributed by atoms with Gasteiger partial charge in [0, 0.05) is 38.0 Å². The zero-order valence-electron chi connectivity index (χ0n) is 13.5. The van der Waals surface area contributed by atoms with Gasteiger partial charge in [-0.05, 0) is 42.4 Å². The largest absolute Gasteiger partial charge is 0.380 e. The molecule has 2 aliphatic rings. The van der Waals surface area contributed by atoms with Gasteiger partial charge in [-0.15, -0.1) is 0 Å². The van der Waals surface area contributed by atoms with Gasteiger partial charge in [0.15, 0.2) is 0 Å². The Morgan fingerprint density at radius 2 is 2.14 bits per heavy atom. The van der Waals surface area contributed by atoms with E-state index in [0.29, 0.717) is 24.6 Å².